The fraction of sp³-hybridized carbons (Fsp3) is 0.375. The van der Waals surface area contributed by atoms with Gasteiger partial charge in [-0.05, 0) is 23.8 Å². The summed E-state index contributed by atoms with van der Waals surface area (Å²) in [4.78, 5) is 11.7. The SMILES string of the molecule is N#Cc1ccc(/C=C/C(=O)NCC2(O)CCOCC2)cc1. The Hall–Kier alpha value is -2.16. The summed E-state index contributed by atoms with van der Waals surface area (Å²) < 4.78 is 5.19. The van der Waals surface area contributed by atoms with Crippen LogP contribution in [-0.4, -0.2) is 36.4 Å². The third-order valence-corrected chi connectivity index (χ3v) is 3.48. The predicted molar refractivity (Wildman–Crippen MR) is 78.2 cm³/mol. The van der Waals surface area contributed by atoms with Crippen molar-refractivity contribution in [3.8, 4) is 6.07 Å². The molecular formula is C16H18N2O3. The molecule has 0 aromatic heterocycles. The average Bonchev–Trinajstić information content (AvgIpc) is 2.52. The lowest BCUT2D eigenvalue weighted by Crippen LogP contribution is -2.46. The van der Waals surface area contributed by atoms with Crippen molar-refractivity contribution in [2.24, 2.45) is 0 Å². The summed E-state index contributed by atoms with van der Waals surface area (Å²) in [7, 11) is 0. The number of amides is 1. The Balaban J connectivity index is 1.83. The van der Waals surface area contributed by atoms with Crippen LogP contribution in [0.5, 0.6) is 0 Å². The molecule has 0 bridgehead atoms. The standard InChI is InChI=1S/C16H18N2O3/c17-11-14-3-1-13(2-4-14)5-6-15(19)18-12-16(20)7-9-21-10-8-16/h1-6,20H,7-10,12H2,(H,18,19)/b6-5+. The van der Waals surface area contributed by atoms with E-state index in [1.165, 1.54) is 6.08 Å². The largest absolute Gasteiger partial charge is 0.388 e. The van der Waals surface area contributed by atoms with E-state index < -0.39 is 5.60 Å². The van der Waals surface area contributed by atoms with E-state index in [0.717, 1.165) is 5.56 Å². The first kappa shape index (κ1) is 15.2. The van der Waals surface area contributed by atoms with Crippen molar-refractivity contribution in [3.63, 3.8) is 0 Å². The van der Waals surface area contributed by atoms with E-state index in [9.17, 15) is 9.90 Å². The van der Waals surface area contributed by atoms with Crippen molar-refractivity contribution in [3.05, 3.63) is 41.5 Å². The minimum atomic E-state index is -0.865. The summed E-state index contributed by atoms with van der Waals surface area (Å²) in [5.74, 6) is -0.251. The minimum Gasteiger partial charge on any atom is -0.388 e. The van der Waals surface area contributed by atoms with Crippen molar-refractivity contribution < 1.29 is 14.6 Å². The van der Waals surface area contributed by atoms with Crippen LogP contribution >= 0.6 is 0 Å². The van der Waals surface area contributed by atoms with Gasteiger partial charge in [-0.25, -0.2) is 0 Å². The molecule has 1 aliphatic rings. The molecule has 1 aliphatic heterocycles. The van der Waals surface area contributed by atoms with Crippen molar-refractivity contribution >= 4 is 12.0 Å². The molecule has 110 valence electrons. The number of nitriles is 1. The van der Waals surface area contributed by atoms with Gasteiger partial charge in [0.05, 0.1) is 17.2 Å². The third kappa shape index (κ3) is 4.71. The van der Waals surface area contributed by atoms with E-state index in [2.05, 4.69) is 5.32 Å². The molecule has 1 aromatic rings. The molecule has 0 spiro atoms. The van der Waals surface area contributed by atoms with Crippen molar-refractivity contribution in [2.45, 2.75) is 18.4 Å². The Morgan fingerprint density at radius 2 is 2.05 bits per heavy atom. The van der Waals surface area contributed by atoms with Gasteiger partial charge in [-0.3, -0.25) is 4.79 Å². The highest BCUT2D eigenvalue weighted by Crippen LogP contribution is 2.19. The third-order valence-electron chi connectivity index (χ3n) is 3.48. The highest BCUT2D eigenvalue weighted by molar-refractivity contribution is 5.91. The maximum absolute atomic E-state index is 11.7. The van der Waals surface area contributed by atoms with Crippen LogP contribution in [0, 0.1) is 11.3 Å². The summed E-state index contributed by atoms with van der Waals surface area (Å²) in [6.07, 6.45) is 4.16. The second-order valence-electron chi connectivity index (χ2n) is 5.12. The Morgan fingerprint density at radius 3 is 2.67 bits per heavy atom. The van der Waals surface area contributed by atoms with Gasteiger partial charge in [0.2, 0.25) is 5.91 Å². The molecule has 2 N–H and O–H groups in total. The number of nitrogens with zero attached hydrogens (tertiary/aromatic N) is 1. The van der Waals surface area contributed by atoms with Crippen LogP contribution < -0.4 is 5.32 Å². The van der Waals surface area contributed by atoms with Crippen molar-refractivity contribution in [1.82, 2.24) is 5.32 Å². The minimum absolute atomic E-state index is 0.229. The second-order valence-corrected chi connectivity index (χ2v) is 5.12. The van der Waals surface area contributed by atoms with Gasteiger partial charge in [0, 0.05) is 38.7 Å². The highest BCUT2D eigenvalue weighted by Gasteiger charge is 2.29. The van der Waals surface area contributed by atoms with Crippen LogP contribution in [0.4, 0.5) is 0 Å². The van der Waals surface area contributed by atoms with Crippen LogP contribution in [0.2, 0.25) is 0 Å². The summed E-state index contributed by atoms with van der Waals surface area (Å²) in [5.41, 5.74) is 0.559. The van der Waals surface area contributed by atoms with Crippen LogP contribution in [0.3, 0.4) is 0 Å². The van der Waals surface area contributed by atoms with Gasteiger partial charge in [-0.15, -0.1) is 0 Å². The number of nitrogens with one attached hydrogen (secondary N) is 1. The normalized spacial score (nSPS) is 17.3. The summed E-state index contributed by atoms with van der Waals surface area (Å²) >= 11 is 0. The lowest BCUT2D eigenvalue weighted by atomic mass is 9.94. The monoisotopic (exact) mass is 286 g/mol. The van der Waals surface area contributed by atoms with Gasteiger partial charge in [0.1, 0.15) is 0 Å². The zero-order valence-corrected chi connectivity index (χ0v) is 11.7. The molecule has 1 heterocycles. The Kier molecular flexibility index (Phi) is 5.09. The smallest absolute Gasteiger partial charge is 0.244 e. The average molecular weight is 286 g/mol. The van der Waals surface area contributed by atoms with Crippen molar-refractivity contribution in [1.29, 1.82) is 5.26 Å². The Morgan fingerprint density at radius 1 is 1.38 bits per heavy atom. The number of benzene rings is 1. The Labute approximate surface area is 123 Å². The van der Waals surface area contributed by atoms with Gasteiger partial charge in [-0.2, -0.15) is 5.26 Å². The molecule has 0 aliphatic carbocycles. The molecule has 0 unspecified atom stereocenters. The van der Waals surface area contributed by atoms with Crippen LogP contribution in [0.1, 0.15) is 24.0 Å². The first-order chi connectivity index (χ1) is 10.1. The summed E-state index contributed by atoms with van der Waals surface area (Å²) in [6.45, 7) is 1.27. The maximum atomic E-state index is 11.7. The van der Waals surface area contributed by atoms with E-state index in [1.807, 2.05) is 6.07 Å². The number of hydrogen-bond donors (Lipinski definition) is 2. The quantitative estimate of drug-likeness (QED) is 0.816. The molecule has 1 aromatic carbocycles. The predicted octanol–water partition coefficient (Wildman–Crippen LogP) is 1.23. The number of ether oxygens (including phenoxy) is 1. The molecule has 2 rings (SSSR count). The zero-order chi connectivity index (χ0) is 15.1. The lowest BCUT2D eigenvalue weighted by molar-refractivity contribution is -0.119. The Bertz CT molecular complexity index is 552. The molecule has 5 nitrogen and oxygen atoms in total. The molecule has 1 fully saturated rings. The summed E-state index contributed by atoms with van der Waals surface area (Å²) in [6, 6.07) is 8.98. The number of carbonyl (C=O) groups excluding carboxylic acids is 1. The van der Waals surface area contributed by atoms with E-state index >= 15 is 0 Å². The molecular weight excluding hydrogens is 268 g/mol. The maximum Gasteiger partial charge on any atom is 0.244 e. The number of hydrogen-bond acceptors (Lipinski definition) is 4. The van der Waals surface area contributed by atoms with E-state index in [0.29, 0.717) is 31.6 Å². The molecule has 0 radical (unpaired) electrons. The zero-order valence-electron chi connectivity index (χ0n) is 11.7. The fourth-order valence-electron chi connectivity index (χ4n) is 2.08. The van der Waals surface area contributed by atoms with Crippen LogP contribution in [0.15, 0.2) is 30.3 Å². The second kappa shape index (κ2) is 7.02. The molecule has 0 atom stereocenters. The topological polar surface area (TPSA) is 82.4 Å². The van der Waals surface area contributed by atoms with E-state index in [-0.39, 0.29) is 12.5 Å². The number of rotatable bonds is 4. The summed E-state index contributed by atoms with van der Waals surface area (Å²) in [5, 5.41) is 21.6. The van der Waals surface area contributed by atoms with Crippen molar-refractivity contribution in [2.75, 3.05) is 19.8 Å². The molecule has 5 heteroatoms. The van der Waals surface area contributed by atoms with E-state index in [4.69, 9.17) is 10.00 Å². The first-order valence-corrected chi connectivity index (χ1v) is 6.87. The molecule has 1 amide bonds. The molecule has 21 heavy (non-hydrogen) atoms. The first-order valence-electron chi connectivity index (χ1n) is 6.87. The van der Waals surface area contributed by atoms with Gasteiger partial charge < -0.3 is 15.2 Å². The van der Waals surface area contributed by atoms with Crippen LogP contribution in [-0.2, 0) is 9.53 Å². The molecule has 1 saturated heterocycles. The highest BCUT2D eigenvalue weighted by atomic mass is 16.5. The van der Waals surface area contributed by atoms with Crippen LogP contribution in [0.25, 0.3) is 6.08 Å². The fourth-order valence-corrected chi connectivity index (χ4v) is 2.08. The van der Waals surface area contributed by atoms with Gasteiger partial charge in [-0.1, -0.05) is 12.1 Å². The van der Waals surface area contributed by atoms with E-state index in [1.54, 1.807) is 30.3 Å². The van der Waals surface area contributed by atoms with Gasteiger partial charge >= 0.3 is 0 Å². The van der Waals surface area contributed by atoms with Gasteiger partial charge in [0.25, 0.3) is 0 Å². The van der Waals surface area contributed by atoms with Gasteiger partial charge in [0.15, 0.2) is 0 Å². The molecule has 0 saturated carbocycles. The number of carbonyl (C=O) groups is 1. The lowest BCUT2D eigenvalue weighted by Gasteiger charge is -2.31. The number of aliphatic hydroxyl groups is 1.